The average Bonchev–Trinajstić information content (AvgIpc) is 3.13. The van der Waals surface area contributed by atoms with E-state index in [0.717, 1.165) is 28.2 Å². The summed E-state index contributed by atoms with van der Waals surface area (Å²) >= 11 is 1.31. The minimum atomic E-state index is -0.468. The molecule has 0 spiro atoms. The number of thioether (sulfide) groups is 1. The van der Waals surface area contributed by atoms with E-state index in [2.05, 4.69) is 33.7 Å². The molecular formula is C25H30N4O3S. The van der Waals surface area contributed by atoms with Crippen molar-refractivity contribution in [2.75, 3.05) is 5.75 Å². The molecule has 0 aliphatic carbocycles. The lowest BCUT2D eigenvalue weighted by molar-refractivity contribution is -0.148. The van der Waals surface area contributed by atoms with Gasteiger partial charge >= 0.3 is 5.97 Å². The summed E-state index contributed by atoms with van der Waals surface area (Å²) in [5.74, 6) is 0.354. The summed E-state index contributed by atoms with van der Waals surface area (Å²) in [4.78, 5) is 25.1. The highest BCUT2D eigenvalue weighted by atomic mass is 32.2. The van der Waals surface area contributed by atoms with Gasteiger partial charge in [0.05, 0.1) is 30.0 Å². The van der Waals surface area contributed by atoms with E-state index in [0.29, 0.717) is 5.16 Å². The molecule has 3 rings (SSSR count). The predicted octanol–water partition coefficient (Wildman–Crippen LogP) is 4.48. The second-order valence-corrected chi connectivity index (χ2v) is 9.16. The van der Waals surface area contributed by atoms with Crippen LogP contribution in [0, 0.1) is 20.8 Å². The van der Waals surface area contributed by atoms with Gasteiger partial charge in [0.15, 0.2) is 5.16 Å². The van der Waals surface area contributed by atoms with Crippen molar-refractivity contribution in [1.29, 1.82) is 0 Å². The van der Waals surface area contributed by atoms with Crippen LogP contribution in [0.25, 0.3) is 5.69 Å². The molecule has 1 unspecified atom stereocenters. The molecule has 0 aliphatic heterocycles. The zero-order chi connectivity index (χ0) is 24.0. The molecule has 174 valence electrons. The van der Waals surface area contributed by atoms with E-state index >= 15 is 0 Å². The molecule has 2 aromatic carbocycles. The maximum absolute atomic E-state index is 12.8. The number of amides is 1. The Hall–Kier alpha value is -3.13. The van der Waals surface area contributed by atoms with Crippen molar-refractivity contribution in [2.45, 2.75) is 58.3 Å². The maximum atomic E-state index is 12.8. The summed E-state index contributed by atoms with van der Waals surface area (Å²) in [6, 6.07) is 15.2. The molecule has 1 atom stereocenters. The molecule has 0 aliphatic rings. The third kappa shape index (κ3) is 6.68. The molecule has 1 aromatic heterocycles. The maximum Gasteiger partial charge on any atom is 0.308 e. The second kappa shape index (κ2) is 11.1. The number of ether oxygens (including phenoxy) is 1. The van der Waals surface area contributed by atoms with Crippen LogP contribution in [0.1, 0.15) is 48.8 Å². The molecular weight excluding hydrogens is 436 g/mol. The lowest BCUT2D eigenvalue weighted by Gasteiger charge is -2.19. The quantitative estimate of drug-likeness (QED) is 0.370. The van der Waals surface area contributed by atoms with Gasteiger partial charge < -0.3 is 10.1 Å². The summed E-state index contributed by atoms with van der Waals surface area (Å²) in [6.07, 6.45) is -0.143. The van der Waals surface area contributed by atoms with Crippen LogP contribution in [0.5, 0.6) is 0 Å². The number of esters is 1. The zero-order valence-electron chi connectivity index (χ0n) is 19.7. The van der Waals surface area contributed by atoms with E-state index in [1.54, 1.807) is 13.8 Å². The largest absolute Gasteiger partial charge is 0.463 e. The van der Waals surface area contributed by atoms with Gasteiger partial charge in [-0.3, -0.25) is 14.2 Å². The summed E-state index contributed by atoms with van der Waals surface area (Å²) in [5.41, 5.74) is 4.09. The van der Waals surface area contributed by atoms with Crippen molar-refractivity contribution >= 4 is 23.6 Å². The lowest BCUT2D eigenvalue weighted by atomic mass is 10.0. The lowest BCUT2D eigenvalue weighted by Crippen LogP contribution is -2.32. The van der Waals surface area contributed by atoms with Crippen LogP contribution < -0.4 is 5.32 Å². The summed E-state index contributed by atoms with van der Waals surface area (Å²) in [7, 11) is 0. The highest BCUT2D eigenvalue weighted by Gasteiger charge is 2.21. The summed E-state index contributed by atoms with van der Waals surface area (Å²) in [5, 5.41) is 12.1. The third-order valence-corrected chi connectivity index (χ3v) is 5.94. The van der Waals surface area contributed by atoms with E-state index in [1.165, 1.54) is 11.8 Å². The Bertz CT molecular complexity index is 1110. The SMILES string of the molecule is Cc1ccc(C)c(-n2c(C)nnc2SCC(=O)NC(CC(=O)OC(C)C)c2ccccc2)c1. The average molecular weight is 467 g/mol. The summed E-state index contributed by atoms with van der Waals surface area (Å²) in [6.45, 7) is 9.58. The molecule has 0 bridgehead atoms. The fraction of sp³-hybridized carbons (Fsp3) is 0.360. The van der Waals surface area contributed by atoms with E-state index < -0.39 is 6.04 Å². The first-order valence-corrected chi connectivity index (χ1v) is 11.9. The molecule has 0 saturated carbocycles. The monoisotopic (exact) mass is 466 g/mol. The Morgan fingerprint density at radius 2 is 1.79 bits per heavy atom. The van der Waals surface area contributed by atoms with Crippen molar-refractivity contribution in [1.82, 2.24) is 20.1 Å². The van der Waals surface area contributed by atoms with Gasteiger partial charge in [0.25, 0.3) is 0 Å². The van der Waals surface area contributed by atoms with Crippen molar-refractivity contribution in [2.24, 2.45) is 0 Å². The van der Waals surface area contributed by atoms with Crippen LogP contribution in [0.2, 0.25) is 0 Å². The Kier molecular flexibility index (Phi) is 8.27. The Balaban J connectivity index is 1.72. The highest BCUT2D eigenvalue weighted by molar-refractivity contribution is 7.99. The van der Waals surface area contributed by atoms with Gasteiger partial charge in [0.1, 0.15) is 5.82 Å². The fourth-order valence-electron chi connectivity index (χ4n) is 3.46. The number of benzene rings is 2. The van der Waals surface area contributed by atoms with Crippen molar-refractivity contribution in [3.63, 3.8) is 0 Å². The molecule has 1 heterocycles. The predicted molar refractivity (Wildman–Crippen MR) is 129 cm³/mol. The standard InChI is InChI=1S/C25H30N4O3S/c1-16(2)32-24(31)14-21(20-9-7-6-8-10-20)26-23(30)15-33-25-28-27-19(5)29(25)22-13-17(3)11-12-18(22)4/h6-13,16,21H,14-15H2,1-5H3,(H,26,30). The number of rotatable bonds is 9. The number of hydrogen-bond acceptors (Lipinski definition) is 6. The molecule has 7 nitrogen and oxygen atoms in total. The Labute approximate surface area is 198 Å². The first kappa shape index (κ1) is 24.5. The molecule has 3 aromatic rings. The number of nitrogens with zero attached hydrogens (tertiary/aromatic N) is 3. The van der Waals surface area contributed by atoms with Crippen LogP contribution in [-0.2, 0) is 14.3 Å². The third-order valence-electron chi connectivity index (χ3n) is 5.01. The Morgan fingerprint density at radius 1 is 1.06 bits per heavy atom. The number of carbonyl (C=O) groups is 2. The van der Waals surface area contributed by atoms with Crippen LogP contribution >= 0.6 is 11.8 Å². The van der Waals surface area contributed by atoms with E-state index in [4.69, 9.17) is 4.74 Å². The molecule has 0 radical (unpaired) electrons. The van der Waals surface area contributed by atoms with Crippen molar-refractivity contribution in [3.05, 3.63) is 71.0 Å². The number of nitrogens with one attached hydrogen (secondary N) is 1. The van der Waals surface area contributed by atoms with Gasteiger partial charge in [-0.25, -0.2) is 0 Å². The van der Waals surface area contributed by atoms with Gasteiger partial charge in [0, 0.05) is 0 Å². The second-order valence-electron chi connectivity index (χ2n) is 8.22. The molecule has 33 heavy (non-hydrogen) atoms. The van der Waals surface area contributed by atoms with Crippen molar-refractivity contribution < 1.29 is 14.3 Å². The van der Waals surface area contributed by atoms with Crippen LogP contribution in [0.15, 0.2) is 53.7 Å². The van der Waals surface area contributed by atoms with Gasteiger partial charge in [0.2, 0.25) is 5.91 Å². The normalized spacial score (nSPS) is 11.9. The van der Waals surface area contributed by atoms with Crippen LogP contribution in [0.3, 0.4) is 0 Å². The van der Waals surface area contributed by atoms with Gasteiger partial charge in [-0.2, -0.15) is 0 Å². The smallest absolute Gasteiger partial charge is 0.308 e. The van der Waals surface area contributed by atoms with Gasteiger partial charge in [-0.15, -0.1) is 10.2 Å². The number of hydrogen-bond donors (Lipinski definition) is 1. The number of carbonyl (C=O) groups excluding carboxylic acids is 2. The molecule has 1 N–H and O–H groups in total. The zero-order valence-corrected chi connectivity index (χ0v) is 20.5. The van der Waals surface area contributed by atoms with Gasteiger partial charge in [-0.05, 0) is 57.4 Å². The highest BCUT2D eigenvalue weighted by Crippen LogP contribution is 2.25. The number of aromatic nitrogens is 3. The minimum Gasteiger partial charge on any atom is -0.463 e. The van der Waals surface area contributed by atoms with Crippen LogP contribution in [0.4, 0.5) is 0 Å². The van der Waals surface area contributed by atoms with Crippen molar-refractivity contribution in [3.8, 4) is 5.69 Å². The molecule has 1 amide bonds. The van der Waals surface area contributed by atoms with Crippen LogP contribution in [-0.4, -0.2) is 38.5 Å². The molecule has 0 saturated heterocycles. The fourth-order valence-corrected chi connectivity index (χ4v) is 4.26. The first-order chi connectivity index (χ1) is 15.7. The topological polar surface area (TPSA) is 86.1 Å². The summed E-state index contributed by atoms with van der Waals surface area (Å²) < 4.78 is 7.25. The first-order valence-electron chi connectivity index (χ1n) is 10.9. The Morgan fingerprint density at radius 3 is 2.48 bits per heavy atom. The van der Waals surface area contributed by atoms with E-state index in [-0.39, 0.29) is 30.2 Å². The van der Waals surface area contributed by atoms with E-state index in [1.807, 2.05) is 55.7 Å². The molecule has 0 fully saturated rings. The molecule has 8 heteroatoms. The minimum absolute atomic E-state index is 0.0659. The number of aryl methyl sites for hydroxylation is 3. The van der Waals surface area contributed by atoms with Gasteiger partial charge in [-0.1, -0.05) is 54.2 Å². The van der Waals surface area contributed by atoms with E-state index in [9.17, 15) is 9.59 Å².